The second-order valence-corrected chi connectivity index (χ2v) is 7.91. The summed E-state index contributed by atoms with van der Waals surface area (Å²) in [7, 11) is 1.59. The third-order valence-electron chi connectivity index (χ3n) is 6.31. The van der Waals surface area contributed by atoms with Crippen LogP contribution in [0.3, 0.4) is 0 Å². The van der Waals surface area contributed by atoms with Crippen LogP contribution in [0.25, 0.3) is 0 Å². The van der Waals surface area contributed by atoms with Crippen LogP contribution in [-0.2, 0) is 20.7 Å². The molecule has 4 rings (SSSR count). The van der Waals surface area contributed by atoms with Crippen LogP contribution in [-0.4, -0.2) is 29.3 Å². The van der Waals surface area contributed by atoms with E-state index in [9.17, 15) is 4.79 Å². The molecule has 0 spiro atoms. The van der Waals surface area contributed by atoms with Gasteiger partial charge in [-0.25, -0.2) is 0 Å². The first kappa shape index (κ1) is 17.4. The third-order valence-corrected chi connectivity index (χ3v) is 6.31. The van der Waals surface area contributed by atoms with Crippen LogP contribution < -0.4 is 0 Å². The molecule has 5 unspecified atom stereocenters. The molecule has 0 amide bonds. The zero-order chi connectivity index (χ0) is 17.5. The van der Waals surface area contributed by atoms with E-state index in [0.29, 0.717) is 41.3 Å². The topological polar surface area (TPSA) is 74.5 Å². The second kappa shape index (κ2) is 6.47. The lowest BCUT2D eigenvalue weighted by atomic mass is 9.45. The fourth-order valence-electron chi connectivity index (χ4n) is 4.33. The van der Waals surface area contributed by atoms with Crippen molar-refractivity contribution in [3.05, 3.63) is 11.7 Å². The van der Waals surface area contributed by atoms with Crippen molar-refractivity contribution >= 4 is 5.97 Å². The first-order valence-corrected chi connectivity index (χ1v) is 8.87. The van der Waals surface area contributed by atoms with Crippen LogP contribution in [0.4, 0.5) is 0 Å². The van der Waals surface area contributed by atoms with Crippen LogP contribution >= 0.6 is 0 Å². The van der Waals surface area contributed by atoms with Gasteiger partial charge in [-0.2, -0.15) is 4.98 Å². The van der Waals surface area contributed by atoms with Crippen LogP contribution in [0.1, 0.15) is 64.8 Å². The Labute approximate surface area is 143 Å². The Balaban J connectivity index is 1.47. The van der Waals surface area contributed by atoms with E-state index in [1.807, 2.05) is 6.92 Å². The molecule has 3 saturated carbocycles. The van der Waals surface area contributed by atoms with Gasteiger partial charge in [0, 0.05) is 13.5 Å². The molecule has 3 aliphatic carbocycles. The van der Waals surface area contributed by atoms with E-state index in [-0.39, 0.29) is 24.6 Å². The molecule has 0 radical (unpaired) electrons. The number of hydrogen-bond acceptors (Lipinski definition) is 6. The van der Waals surface area contributed by atoms with Crippen LogP contribution in [0, 0.1) is 23.2 Å². The van der Waals surface area contributed by atoms with Gasteiger partial charge in [-0.15, -0.1) is 0 Å². The number of nitrogens with zero attached hydrogens (tertiary/aromatic N) is 2. The van der Waals surface area contributed by atoms with Gasteiger partial charge in [0.05, 0.1) is 6.42 Å². The number of esters is 1. The molecule has 3 fully saturated rings. The van der Waals surface area contributed by atoms with Crippen molar-refractivity contribution in [3.63, 3.8) is 0 Å². The quantitative estimate of drug-likeness (QED) is 0.742. The van der Waals surface area contributed by atoms with Crippen molar-refractivity contribution in [2.75, 3.05) is 7.11 Å². The van der Waals surface area contributed by atoms with Gasteiger partial charge >= 0.3 is 5.97 Å². The van der Waals surface area contributed by atoms with Crippen LogP contribution in [0.2, 0.25) is 0 Å². The lowest BCUT2D eigenvalue weighted by Crippen LogP contribution is -2.57. The number of carbonyl (C=O) groups excluding carboxylic acids is 1. The summed E-state index contributed by atoms with van der Waals surface area (Å²) >= 11 is 0. The molecule has 0 aliphatic heterocycles. The number of rotatable bonds is 6. The molecule has 2 bridgehead atoms. The maximum absolute atomic E-state index is 12.2. The summed E-state index contributed by atoms with van der Waals surface area (Å²) in [5.41, 5.74) is 0.403. The molecule has 1 heterocycles. The van der Waals surface area contributed by atoms with E-state index in [4.69, 9.17) is 14.0 Å². The third kappa shape index (κ3) is 3.08. The monoisotopic (exact) mass is 336 g/mol. The standard InChI is InChI=1S/C18H28N2O4/c1-10-13-8-12(18(13,3)4)9-14(10)23-16(21)7-6-15-19-17(20-24-15)11(2)22-5/h10-14H,6-9H2,1-5H3. The summed E-state index contributed by atoms with van der Waals surface area (Å²) in [5, 5.41) is 3.86. The molecule has 3 aliphatic rings. The van der Waals surface area contributed by atoms with E-state index in [1.165, 1.54) is 6.42 Å². The fourth-order valence-corrected chi connectivity index (χ4v) is 4.33. The van der Waals surface area contributed by atoms with E-state index in [0.717, 1.165) is 6.42 Å². The first-order valence-electron chi connectivity index (χ1n) is 8.87. The van der Waals surface area contributed by atoms with E-state index < -0.39 is 0 Å². The van der Waals surface area contributed by atoms with Crippen molar-refractivity contribution in [3.8, 4) is 0 Å². The molecule has 24 heavy (non-hydrogen) atoms. The first-order chi connectivity index (χ1) is 11.3. The minimum atomic E-state index is -0.215. The van der Waals surface area contributed by atoms with Gasteiger partial charge in [0.25, 0.3) is 0 Å². The van der Waals surface area contributed by atoms with Crippen molar-refractivity contribution in [2.45, 2.75) is 65.6 Å². The van der Waals surface area contributed by atoms with Crippen molar-refractivity contribution < 1.29 is 18.8 Å². The van der Waals surface area contributed by atoms with Gasteiger partial charge in [0.1, 0.15) is 12.2 Å². The van der Waals surface area contributed by atoms with Gasteiger partial charge in [0.2, 0.25) is 5.89 Å². The van der Waals surface area contributed by atoms with Crippen LogP contribution in [0.5, 0.6) is 0 Å². The maximum atomic E-state index is 12.2. The highest BCUT2D eigenvalue weighted by Gasteiger charge is 2.57. The summed E-state index contributed by atoms with van der Waals surface area (Å²) in [5.74, 6) is 2.57. The number of methoxy groups -OCH3 is 1. The molecule has 1 aromatic rings. The lowest BCUT2D eigenvalue weighted by molar-refractivity contribution is -0.186. The molecule has 1 aromatic heterocycles. The fraction of sp³-hybridized carbons (Fsp3) is 0.833. The summed E-state index contributed by atoms with van der Waals surface area (Å²) in [6.45, 7) is 8.75. The molecule has 0 saturated heterocycles. The van der Waals surface area contributed by atoms with E-state index in [1.54, 1.807) is 7.11 Å². The Morgan fingerprint density at radius 3 is 2.79 bits per heavy atom. The lowest BCUT2D eigenvalue weighted by Gasteiger charge is -2.61. The van der Waals surface area contributed by atoms with Gasteiger partial charge in [-0.3, -0.25) is 4.79 Å². The molecule has 6 heteroatoms. The van der Waals surface area contributed by atoms with E-state index in [2.05, 4.69) is 30.9 Å². The number of hydrogen-bond donors (Lipinski definition) is 0. The Bertz CT molecular complexity index is 598. The largest absolute Gasteiger partial charge is 0.462 e. The Hall–Kier alpha value is -1.43. The molecule has 0 N–H and O–H groups in total. The van der Waals surface area contributed by atoms with Crippen LogP contribution in [0.15, 0.2) is 4.52 Å². The molecule has 0 aromatic carbocycles. The minimum Gasteiger partial charge on any atom is -0.462 e. The number of ether oxygens (including phenoxy) is 2. The van der Waals surface area contributed by atoms with Gasteiger partial charge in [-0.1, -0.05) is 25.9 Å². The zero-order valence-corrected chi connectivity index (χ0v) is 15.2. The van der Waals surface area contributed by atoms with Gasteiger partial charge in [-0.05, 0) is 42.9 Å². The van der Waals surface area contributed by atoms with Crippen molar-refractivity contribution in [1.29, 1.82) is 0 Å². The highest BCUT2D eigenvalue weighted by molar-refractivity contribution is 5.69. The molecule has 5 atom stereocenters. The Morgan fingerprint density at radius 1 is 1.42 bits per heavy atom. The smallest absolute Gasteiger partial charge is 0.306 e. The van der Waals surface area contributed by atoms with Gasteiger partial charge in [0.15, 0.2) is 5.82 Å². The highest BCUT2D eigenvalue weighted by Crippen LogP contribution is 2.61. The number of aromatic nitrogens is 2. The van der Waals surface area contributed by atoms with Gasteiger partial charge < -0.3 is 14.0 Å². The number of aryl methyl sites for hydroxylation is 1. The summed E-state index contributed by atoms with van der Waals surface area (Å²) in [6.07, 6.45) is 2.79. The van der Waals surface area contributed by atoms with Crippen molar-refractivity contribution in [1.82, 2.24) is 10.1 Å². The predicted octanol–water partition coefficient (Wildman–Crippen LogP) is 3.32. The molecule has 6 nitrogen and oxygen atoms in total. The predicted molar refractivity (Wildman–Crippen MR) is 87.1 cm³/mol. The number of fused-ring (bicyclic) bond motifs is 2. The molecular weight excluding hydrogens is 308 g/mol. The Morgan fingerprint density at radius 2 is 2.17 bits per heavy atom. The number of carbonyl (C=O) groups is 1. The summed E-state index contributed by atoms with van der Waals surface area (Å²) < 4.78 is 16.0. The highest BCUT2D eigenvalue weighted by atomic mass is 16.5. The van der Waals surface area contributed by atoms with Crippen molar-refractivity contribution in [2.24, 2.45) is 23.2 Å². The minimum absolute atomic E-state index is 0.0565. The average Bonchev–Trinajstić information content (AvgIpc) is 3.02. The summed E-state index contributed by atoms with van der Waals surface area (Å²) in [6, 6.07) is 0. The average molecular weight is 336 g/mol. The normalized spacial score (nSPS) is 32.0. The molecule has 134 valence electrons. The maximum Gasteiger partial charge on any atom is 0.306 e. The zero-order valence-electron chi connectivity index (χ0n) is 15.2. The van der Waals surface area contributed by atoms with E-state index >= 15 is 0 Å². The molecular formula is C18H28N2O4. The SMILES string of the molecule is COC(C)c1noc(CCC(=O)OC2CC3CC(C2C)C3(C)C)n1. The summed E-state index contributed by atoms with van der Waals surface area (Å²) in [4.78, 5) is 16.4. The second-order valence-electron chi connectivity index (χ2n) is 7.91. The Kier molecular flexibility index (Phi) is 4.69.